The number of carbonyl (C=O) groups excluding carboxylic acids is 1. The molecule has 1 N–H and O–H groups in total. The SMILES string of the molecule is O=C1OCCN1CCOc1nc(N2CCOCC2)c(F)c(N/N=C/c2ccc3ccccc3c2)c1F. The fourth-order valence-corrected chi connectivity index (χ4v) is 4.03. The molecule has 2 aliphatic rings. The summed E-state index contributed by atoms with van der Waals surface area (Å²) in [5.41, 5.74) is 2.78. The first-order chi connectivity index (χ1) is 17.6. The Hall–Kier alpha value is -3.99. The largest absolute Gasteiger partial charge is 0.474 e. The van der Waals surface area contributed by atoms with Crippen molar-refractivity contribution in [2.75, 3.05) is 62.9 Å². The number of hydrogen-bond donors (Lipinski definition) is 1. The predicted molar refractivity (Wildman–Crippen MR) is 131 cm³/mol. The molecule has 188 valence electrons. The van der Waals surface area contributed by atoms with Crippen molar-refractivity contribution in [2.24, 2.45) is 5.10 Å². The number of halogens is 2. The number of ether oxygens (including phenoxy) is 3. The molecule has 0 bridgehead atoms. The highest BCUT2D eigenvalue weighted by atomic mass is 19.1. The van der Waals surface area contributed by atoms with E-state index in [2.05, 4.69) is 15.5 Å². The highest BCUT2D eigenvalue weighted by molar-refractivity contribution is 5.90. The Morgan fingerprint density at radius 1 is 1.06 bits per heavy atom. The molecule has 11 heteroatoms. The number of anilines is 2. The number of morpholine rings is 1. The van der Waals surface area contributed by atoms with E-state index in [1.54, 1.807) is 4.90 Å². The average molecular weight is 498 g/mol. The Bertz CT molecular complexity index is 1280. The molecular formula is C25H25F2N5O4. The summed E-state index contributed by atoms with van der Waals surface area (Å²) >= 11 is 0. The van der Waals surface area contributed by atoms with Gasteiger partial charge in [0.1, 0.15) is 18.9 Å². The molecule has 0 atom stereocenters. The number of benzene rings is 2. The number of cyclic esters (lactones) is 1. The number of aromatic nitrogens is 1. The van der Waals surface area contributed by atoms with Crippen molar-refractivity contribution in [1.82, 2.24) is 9.88 Å². The molecule has 0 radical (unpaired) electrons. The van der Waals surface area contributed by atoms with Crippen LogP contribution in [0.3, 0.4) is 0 Å². The molecule has 2 fully saturated rings. The normalized spacial score (nSPS) is 16.1. The van der Waals surface area contributed by atoms with Crippen molar-refractivity contribution in [3.05, 3.63) is 59.7 Å². The summed E-state index contributed by atoms with van der Waals surface area (Å²) in [6.07, 6.45) is 1.03. The molecule has 0 spiro atoms. The molecule has 1 amide bonds. The lowest BCUT2D eigenvalue weighted by atomic mass is 10.1. The first-order valence-electron chi connectivity index (χ1n) is 11.6. The van der Waals surface area contributed by atoms with Gasteiger partial charge in [-0.1, -0.05) is 36.4 Å². The smallest absolute Gasteiger partial charge is 0.410 e. The minimum Gasteiger partial charge on any atom is -0.474 e. The van der Waals surface area contributed by atoms with Gasteiger partial charge in [0, 0.05) is 13.1 Å². The van der Waals surface area contributed by atoms with Crippen LogP contribution >= 0.6 is 0 Å². The molecule has 1 aromatic heterocycles. The van der Waals surface area contributed by atoms with Gasteiger partial charge in [0.2, 0.25) is 5.82 Å². The van der Waals surface area contributed by atoms with Crippen LogP contribution in [0, 0.1) is 11.6 Å². The van der Waals surface area contributed by atoms with Crippen molar-refractivity contribution in [2.45, 2.75) is 0 Å². The number of nitrogens with zero attached hydrogens (tertiary/aromatic N) is 4. The lowest BCUT2D eigenvalue weighted by molar-refractivity contribution is 0.122. The third-order valence-corrected chi connectivity index (χ3v) is 5.95. The quantitative estimate of drug-likeness (QED) is 0.376. The summed E-state index contributed by atoms with van der Waals surface area (Å²) < 4.78 is 46.4. The number of nitrogens with one attached hydrogen (secondary N) is 1. The predicted octanol–water partition coefficient (Wildman–Crippen LogP) is 3.63. The lowest BCUT2D eigenvalue weighted by Crippen LogP contribution is -2.37. The van der Waals surface area contributed by atoms with Crippen LogP contribution in [0.5, 0.6) is 5.88 Å². The molecule has 0 aliphatic carbocycles. The van der Waals surface area contributed by atoms with Gasteiger partial charge in [-0.2, -0.15) is 14.5 Å². The molecule has 3 heterocycles. The second kappa shape index (κ2) is 10.7. The van der Waals surface area contributed by atoms with Crippen molar-refractivity contribution in [3.8, 4) is 5.88 Å². The number of hydrazone groups is 1. The van der Waals surface area contributed by atoms with E-state index in [4.69, 9.17) is 14.2 Å². The minimum atomic E-state index is -1.01. The minimum absolute atomic E-state index is 0.0347. The van der Waals surface area contributed by atoms with E-state index in [0.717, 1.165) is 16.3 Å². The monoisotopic (exact) mass is 497 g/mol. The number of fused-ring (bicyclic) bond motifs is 1. The molecule has 36 heavy (non-hydrogen) atoms. The van der Waals surface area contributed by atoms with Gasteiger partial charge in [-0.05, 0) is 22.4 Å². The molecule has 0 unspecified atom stereocenters. The van der Waals surface area contributed by atoms with Crippen molar-refractivity contribution >= 4 is 34.6 Å². The van der Waals surface area contributed by atoms with Crippen LogP contribution in [0.4, 0.5) is 25.1 Å². The van der Waals surface area contributed by atoms with Crippen LogP contribution in [0.1, 0.15) is 5.56 Å². The zero-order valence-electron chi connectivity index (χ0n) is 19.5. The molecule has 2 saturated heterocycles. The van der Waals surface area contributed by atoms with Crippen LogP contribution in [-0.2, 0) is 9.47 Å². The van der Waals surface area contributed by atoms with E-state index in [9.17, 15) is 4.79 Å². The Balaban J connectivity index is 1.38. The van der Waals surface area contributed by atoms with Crippen LogP contribution in [0.2, 0.25) is 0 Å². The topological polar surface area (TPSA) is 88.5 Å². The number of pyridine rings is 1. The van der Waals surface area contributed by atoms with Gasteiger partial charge in [-0.3, -0.25) is 5.43 Å². The lowest BCUT2D eigenvalue weighted by Gasteiger charge is -2.29. The van der Waals surface area contributed by atoms with E-state index in [0.29, 0.717) is 39.5 Å². The summed E-state index contributed by atoms with van der Waals surface area (Å²) in [7, 11) is 0. The Kier molecular flexibility index (Phi) is 7.08. The molecule has 0 saturated carbocycles. The summed E-state index contributed by atoms with van der Waals surface area (Å²) in [5, 5.41) is 6.17. The summed E-state index contributed by atoms with van der Waals surface area (Å²) in [6, 6.07) is 13.6. The number of amides is 1. The highest BCUT2D eigenvalue weighted by Gasteiger charge is 2.27. The van der Waals surface area contributed by atoms with Gasteiger partial charge in [0.15, 0.2) is 11.6 Å². The van der Waals surface area contributed by atoms with Crippen LogP contribution in [0.25, 0.3) is 10.8 Å². The second-order valence-electron chi connectivity index (χ2n) is 8.27. The van der Waals surface area contributed by atoms with Gasteiger partial charge in [0.05, 0.1) is 32.5 Å². The zero-order valence-corrected chi connectivity index (χ0v) is 19.5. The number of carbonyl (C=O) groups is 1. The Morgan fingerprint density at radius 2 is 1.86 bits per heavy atom. The summed E-state index contributed by atoms with van der Waals surface area (Å²) in [5.74, 6) is -2.32. The van der Waals surface area contributed by atoms with Crippen molar-refractivity contribution in [1.29, 1.82) is 0 Å². The third kappa shape index (κ3) is 5.15. The van der Waals surface area contributed by atoms with Gasteiger partial charge in [-0.25, -0.2) is 9.18 Å². The summed E-state index contributed by atoms with van der Waals surface area (Å²) in [4.78, 5) is 18.8. The molecule has 3 aromatic rings. The molecule has 5 rings (SSSR count). The van der Waals surface area contributed by atoms with E-state index in [-0.39, 0.29) is 24.8 Å². The van der Waals surface area contributed by atoms with Crippen LogP contribution < -0.4 is 15.1 Å². The van der Waals surface area contributed by atoms with Gasteiger partial charge in [0.25, 0.3) is 5.88 Å². The maximum atomic E-state index is 15.4. The molecule has 2 aliphatic heterocycles. The fraction of sp³-hybridized carbons (Fsp3) is 0.320. The van der Waals surface area contributed by atoms with E-state index in [1.807, 2.05) is 42.5 Å². The van der Waals surface area contributed by atoms with E-state index in [1.165, 1.54) is 11.1 Å². The Labute approximate surface area is 206 Å². The highest BCUT2D eigenvalue weighted by Crippen LogP contribution is 2.33. The third-order valence-electron chi connectivity index (χ3n) is 5.95. The zero-order chi connectivity index (χ0) is 24.9. The van der Waals surface area contributed by atoms with Crippen LogP contribution in [0.15, 0.2) is 47.6 Å². The first kappa shape index (κ1) is 23.7. The average Bonchev–Trinajstić information content (AvgIpc) is 3.32. The first-order valence-corrected chi connectivity index (χ1v) is 11.6. The second-order valence-corrected chi connectivity index (χ2v) is 8.27. The maximum Gasteiger partial charge on any atom is 0.410 e. The summed E-state index contributed by atoms with van der Waals surface area (Å²) in [6.45, 7) is 2.47. The fourth-order valence-electron chi connectivity index (χ4n) is 4.03. The Morgan fingerprint density at radius 3 is 2.64 bits per heavy atom. The molecule has 9 nitrogen and oxygen atoms in total. The van der Waals surface area contributed by atoms with Gasteiger partial charge < -0.3 is 24.0 Å². The molecule has 2 aromatic carbocycles. The maximum absolute atomic E-state index is 15.4. The van der Waals surface area contributed by atoms with E-state index < -0.39 is 23.4 Å². The van der Waals surface area contributed by atoms with E-state index >= 15 is 8.78 Å². The van der Waals surface area contributed by atoms with Gasteiger partial charge in [-0.15, -0.1) is 0 Å². The molecular weight excluding hydrogens is 472 g/mol. The number of rotatable bonds is 8. The van der Waals surface area contributed by atoms with Gasteiger partial charge >= 0.3 is 6.09 Å². The standard InChI is InChI=1S/C25H25F2N5O4/c26-20-22(30-28-16-17-5-6-18-3-1-2-4-19(18)15-17)21(27)24(29-23(20)31-7-11-34-12-8-31)35-13-9-32-10-14-36-25(32)33/h1-6,15-16H,7-14H2,(H,29,30)/b28-16+. The number of hydrogen-bond acceptors (Lipinski definition) is 8. The van der Waals surface area contributed by atoms with Crippen molar-refractivity contribution in [3.63, 3.8) is 0 Å². The van der Waals surface area contributed by atoms with Crippen LogP contribution in [-0.4, -0.2) is 74.8 Å². The van der Waals surface area contributed by atoms with Crippen molar-refractivity contribution < 1.29 is 27.8 Å².